The van der Waals surface area contributed by atoms with Crippen LogP contribution in [0.1, 0.15) is 32.6 Å². The van der Waals surface area contributed by atoms with E-state index in [1.165, 1.54) is 18.4 Å². The van der Waals surface area contributed by atoms with Crippen LogP contribution >= 0.6 is 15.9 Å². The third-order valence-corrected chi connectivity index (χ3v) is 4.47. The summed E-state index contributed by atoms with van der Waals surface area (Å²) in [5, 5.41) is 0. The Morgan fingerprint density at radius 1 is 1.64 bits per heavy atom. The molecule has 0 N–H and O–H groups in total. The summed E-state index contributed by atoms with van der Waals surface area (Å²) in [7, 11) is 0. The van der Waals surface area contributed by atoms with Crippen LogP contribution in [0.2, 0.25) is 0 Å². The van der Waals surface area contributed by atoms with Crippen LogP contribution in [0.25, 0.3) is 0 Å². The molecule has 2 aliphatic rings. The van der Waals surface area contributed by atoms with Gasteiger partial charge in [-0.3, -0.25) is 4.79 Å². The Kier molecular flexibility index (Phi) is 2.65. The number of hydrogen-bond donors (Lipinski definition) is 0. The first-order valence-corrected chi connectivity index (χ1v) is 6.09. The molecule has 0 bridgehead atoms. The Bertz CT molecular complexity index is 316. The van der Waals surface area contributed by atoms with Crippen LogP contribution in [0.5, 0.6) is 0 Å². The van der Waals surface area contributed by atoms with Crippen molar-refractivity contribution in [1.29, 1.82) is 0 Å². The van der Waals surface area contributed by atoms with Crippen LogP contribution in [0.3, 0.4) is 0 Å². The van der Waals surface area contributed by atoms with Gasteiger partial charge in [0.1, 0.15) is 6.29 Å². The number of carbonyl (C=O) groups excluding carboxylic acids is 1. The van der Waals surface area contributed by atoms with Gasteiger partial charge in [-0.15, -0.1) is 0 Å². The molecule has 2 aliphatic carbocycles. The second kappa shape index (κ2) is 3.65. The Balaban J connectivity index is 2.34. The highest BCUT2D eigenvalue weighted by Crippen LogP contribution is 2.53. The van der Waals surface area contributed by atoms with Gasteiger partial charge in [-0.2, -0.15) is 0 Å². The summed E-state index contributed by atoms with van der Waals surface area (Å²) >= 11 is 3.44. The maximum absolute atomic E-state index is 11.0. The first kappa shape index (κ1) is 10.2. The van der Waals surface area contributed by atoms with Crippen molar-refractivity contribution in [3.63, 3.8) is 0 Å². The largest absolute Gasteiger partial charge is 0.298 e. The molecule has 1 saturated carbocycles. The molecule has 0 aliphatic heterocycles. The SMILES string of the molecule is C[C@]12CCCC(=CBr)[C@@H]1CC=C2C=O. The monoisotopic (exact) mass is 254 g/mol. The van der Waals surface area contributed by atoms with E-state index in [0.29, 0.717) is 5.92 Å². The highest BCUT2D eigenvalue weighted by molar-refractivity contribution is 9.11. The van der Waals surface area contributed by atoms with E-state index in [-0.39, 0.29) is 5.41 Å². The lowest BCUT2D eigenvalue weighted by atomic mass is 9.65. The van der Waals surface area contributed by atoms with Gasteiger partial charge in [0, 0.05) is 5.41 Å². The molecule has 2 rings (SSSR count). The topological polar surface area (TPSA) is 17.1 Å². The molecule has 1 fully saturated rings. The van der Waals surface area contributed by atoms with E-state index in [4.69, 9.17) is 0 Å². The summed E-state index contributed by atoms with van der Waals surface area (Å²) in [6, 6.07) is 0. The molecular formula is C12H15BrO. The standard InChI is InChI=1S/C12H15BrO/c1-12-6-2-3-9(7-13)11(12)5-4-10(12)8-14/h4,7-8,11H,2-3,5-6H2,1H3/t11-,12+/m0/s1. The normalized spacial score (nSPS) is 39.4. The number of halogens is 1. The third-order valence-electron chi connectivity index (χ3n) is 3.88. The van der Waals surface area contributed by atoms with Crippen molar-refractivity contribution >= 4 is 22.2 Å². The van der Waals surface area contributed by atoms with Crippen molar-refractivity contribution in [2.75, 3.05) is 0 Å². The fraction of sp³-hybridized carbons (Fsp3) is 0.583. The molecule has 0 saturated heterocycles. The van der Waals surface area contributed by atoms with Crippen LogP contribution in [0.15, 0.2) is 22.2 Å². The van der Waals surface area contributed by atoms with Crippen molar-refractivity contribution < 1.29 is 4.79 Å². The molecule has 0 aromatic carbocycles. The molecule has 14 heavy (non-hydrogen) atoms. The smallest absolute Gasteiger partial charge is 0.146 e. The Labute approximate surface area is 93.4 Å². The second-order valence-corrected chi connectivity index (χ2v) is 4.98. The molecule has 0 amide bonds. The van der Waals surface area contributed by atoms with E-state index < -0.39 is 0 Å². The van der Waals surface area contributed by atoms with E-state index >= 15 is 0 Å². The van der Waals surface area contributed by atoms with Crippen LogP contribution in [0, 0.1) is 11.3 Å². The Morgan fingerprint density at radius 2 is 2.43 bits per heavy atom. The molecule has 1 nitrogen and oxygen atoms in total. The minimum Gasteiger partial charge on any atom is -0.298 e. The zero-order valence-electron chi connectivity index (χ0n) is 8.42. The van der Waals surface area contributed by atoms with Crippen molar-refractivity contribution in [2.45, 2.75) is 32.6 Å². The average molecular weight is 255 g/mol. The zero-order chi connectivity index (χ0) is 10.2. The van der Waals surface area contributed by atoms with Gasteiger partial charge in [-0.05, 0) is 42.2 Å². The molecule has 0 aromatic heterocycles. The highest BCUT2D eigenvalue weighted by atomic mass is 79.9. The fourth-order valence-corrected chi connectivity index (χ4v) is 3.51. The number of allylic oxidation sites excluding steroid dienone is 3. The van der Waals surface area contributed by atoms with Crippen LogP contribution < -0.4 is 0 Å². The van der Waals surface area contributed by atoms with Crippen LogP contribution in [-0.2, 0) is 4.79 Å². The van der Waals surface area contributed by atoms with E-state index in [1.54, 1.807) is 0 Å². The number of hydrogen-bond acceptors (Lipinski definition) is 1. The van der Waals surface area contributed by atoms with Gasteiger partial charge >= 0.3 is 0 Å². The molecule has 0 spiro atoms. The van der Waals surface area contributed by atoms with Crippen LogP contribution in [-0.4, -0.2) is 6.29 Å². The molecule has 2 heteroatoms. The van der Waals surface area contributed by atoms with Crippen molar-refractivity contribution in [3.8, 4) is 0 Å². The van der Waals surface area contributed by atoms with E-state index in [9.17, 15) is 4.79 Å². The summed E-state index contributed by atoms with van der Waals surface area (Å²) in [6.45, 7) is 2.24. The van der Waals surface area contributed by atoms with Gasteiger partial charge in [-0.1, -0.05) is 34.5 Å². The van der Waals surface area contributed by atoms with Crippen molar-refractivity contribution in [2.24, 2.45) is 11.3 Å². The average Bonchev–Trinajstić information content (AvgIpc) is 2.53. The predicted octanol–water partition coefficient (Wildman–Crippen LogP) is 3.60. The lowest BCUT2D eigenvalue weighted by molar-refractivity contribution is -0.106. The summed E-state index contributed by atoms with van der Waals surface area (Å²) in [5.74, 6) is 0.566. The van der Waals surface area contributed by atoms with E-state index in [0.717, 1.165) is 24.7 Å². The van der Waals surface area contributed by atoms with Crippen molar-refractivity contribution in [1.82, 2.24) is 0 Å². The second-order valence-electron chi connectivity index (χ2n) is 4.52. The summed E-state index contributed by atoms with van der Waals surface area (Å²) in [5.41, 5.74) is 2.63. The van der Waals surface area contributed by atoms with Gasteiger partial charge in [0.05, 0.1) is 0 Å². The number of rotatable bonds is 1. The van der Waals surface area contributed by atoms with Gasteiger partial charge < -0.3 is 0 Å². The van der Waals surface area contributed by atoms with E-state index in [1.807, 2.05) is 0 Å². The summed E-state index contributed by atoms with van der Waals surface area (Å²) < 4.78 is 0. The molecule has 76 valence electrons. The Morgan fingerprint density at radius 3 is 3.07 bits per heavy atom. The van der Waals surface area contributed by atoms with Gasteiger partial charge in [0.15, 0.2) is 0 Å². The van der Waals surface area contributed by atoms with Gasteiger partial charge in [-0.25, -0.2) is 0 Å². The quantitative estimate of drug-likeness (QED) is 0.654. The molecule has 0 aromatic rings. The highest BCUT2D eigenvalue weighted by Gasteiger charge is 2.44. The predicted molar refractivity (Wildman–Crippen MR) is 61.2 cm³/mol. The fourth-order valence-electron chi connectivity index (χ4n) is 2.97. The maximum atomic E-state index is 11.0. The first-order valence-electron chi connectivity index (χ1n) is 5.17. The molecule has 0 radical (unpaired) electrons. The molecule has 0 unspecified atom stereocenters. The lowest BCUT2D eigenvalue weighted by Crippen LogP contribution is -2.30. The van der Waals surface area contributed by atoms with Crippen LogP contribution in [0.4, 0.5) is 0 Å². The lowest BCUT2D eigenvalue weighted by Gasteiger charge is -2.39. The number of carbonyl (C=O) groups is 1. The van der Waals surface area contributed by atoms with Gasteiger partial charge in [0.25, 0.3) is 0 Å². The number of aldehydes is 1. The van der Waals surface area contributed by atoms with E-state index in [2.05, 4.69) is 33.9 Å². The van der Waals surface area contributed by atoms with Gasteiger partial charge in [0.2, 0.25) is 0 Å². The third kappa shape index (κ3) is 1.31. The first-order chi connectivity index (χ1) is 6.72. The maximum Gasteiger partial charge on any atom is 0.146 e. The summed E-state index contributed by atoms with van der Waals surface area (Å²) in [6.07, 6.45) is 7.77. The minimum absolute atomic E-state index is 0.125. The zero-order valence-corrected chi connectivity index (χ0v) is 10.0. The molecule has 0 heterocycles. The molecular weight excluding hydrogens is 240 g/mol. The Hall–Kier alpha value is -0.370. The minimum atomic E-state index is 0.125. The molecule has 2 atom stereocenters. The number of fused-ring (bicyclic) bond motifs is 1. The summed E-state index contributed by atoms with van der Waals surface area (Å²) in [4.78, 5) is 13.0. The van der Waals surface area contributed by atoms with Crippen molar-refractivity contribution in [3.05, 3.63) is 22.2 Å².